The minimum atomic E-state index is -0.330. The Bertz CT molecular complexity index is 586. The third-order valence-corrected chi connectivity index (χ3v) is 3.69. The largest absolute Gasteiger partial charge is 0.484 e. The number of amides is 2. The third kappa shape index (κ3) is 5.60. The van der Waals surface area contributed by atoms with Crippen LogP contribution < -0.4 is 15.8 Å². The van der Waals surface area contributed by atoms with Crippen molar-refractivity contribution in [3.05, 3.63) is 29.8 Å². The van der Waals surface area contributed by atoms with Gasteiger partial charge in [-0.25, -0.2) is 0 Å². The number of primary amides is 1. The van der Waals surface area contributed by atoms with Gasteiger partial charge in [0.05, 0.1) is 18.2 Å². The standard InChI is InChI=1S/C16H20N4O3/c17-9-12-1-3-14(4-2-12)23-11-16(22)19-13-5-7-20(8-6-13)10-15(18)21/h1-4,13H,5-8,10-11H2,(H2,18,21)(H,19,22). The minimum absolute atomic E-state index is 0.0621. The van der Waals surface area contributed by atoms with Crippen LogP contribution in [0.1, 0.15) is 18.4 Å². The van der Waals surface area contributed by atoms with Crippen LogP contribution in [0.25, 0.3) is 0 Å². The van der Waals surface area contributed by atoms with E-state index in [0.29, 0.717) is 11.3 Å². The van der Waals surface area contributed by atoms with E-state index < -0.39 is 0 Å². The van der Waals surface area contributed by atoms with Gasteiger partial charge in [0.2, 0.25) is 5.91 Å². The number of hydrogen-bond donors (Lipinski definition) is 2. The van der Waals surface area contributed by atoms with Gasteiger partial charge in [-0.15, -0.1) is 0 Å². The van der Waals surface area contributed by atoms with Gasteiger partial charge in [-0.2, -0.15) is 5.26 Å². The Balaban J connectivity index is 1.69. The summed E-state index contributed by atoms with van der Waals surface area (Å²) in [6.45, 7) is 1.69. The molecule has 0 bridgehead atoms. The van der Waals surface area contributed by atoms with Gasteiger partial charge in [0.25, 0.3) is 5.91 Å². The molecule has 0 saturated carbocycles. The number of nitrogens with zero attached hydrogens (tertiary/aromatic N) is 2. The molecule has 1 saturated heterocycles. The highest BCUT2D eigenvalue weighted by atomic mass is 16.5. The molecule has 1 fully saturated rings. The van der Waals surface area contributed by atoms with Crippen molar-refractivity contribution in [3.63, 3.8) is 0 Å². The van der Waals surface area contributed by atoms with Gasteiger partial charge < -0.3 is 15.8 Å². The summed E-state index contributed by atoms with van der Waals surface area (Å²) in [5.41, 5.74) is 5.71. The fourth-order valence-electron chi connectivity index (χ4n) is 2.50. The van der Waals surface area contributed by atoms with Gasteiger partial charge in [0.1, 0.15) is 5.75 Å². The molecular formula is C16H20N4O3. The summed E-state index contributed by atoms with van der Waals surface area (Å²) < 4.78 is 5.39. The highest BCUT2D eigenvalue weighted by Gasteiger charge is 2.21. The van der Waals surface area contributed by atoms with E-state index in [1.54, 1.807) is 24.3 Å². The molecule has 0 unspecified atom stereocenters. The van der Waals surface area contributed by atoms with Crippen molar-refractivity contribution < 1.29 is 14.3 Å². The SMILES string of the molecule is N#Cc1ccc(OCC(=O)NC2CCN(CC(N)=O)CC2)cc1. The smallest absolute Gasteiger partial charge is 0.258 e. The normalized spacial score (nSPS) is 15.6. The van der Waals surface area contributed by atoms with Gasteiger partial charge in [-0.05, 0) is 37.1 Å². The zero-order valence-corrected chi connectivity index (χ0v) is 12.8. The lowest BCUT2D eigenvalue weighted by Gasteiger charge is -2.31. The first-order valence-corrected chi connectivity index (χ1v) is 7.50. The summed E-state index contributed by atoms with van der Waals surface area (Å²) in [6, 6.07) is 8.72. The van der Waals surface area contributed by atoms with E-state index in [1.165, 1.54) is 0 Å². The van der Waals surface area contributed by atoms with Crippen molar-refractivity contribution >= 4 is 11.8 Å². The van der Waals surface area contributed by atoms with Crippen LogP contribution in [0.5, 0.6) is 5.75 Å². The number of piperidine rings is 1. The number of carbonyl (C=O) groups is 2. The van der Waals surface area contributed by atoms with Crippen LogP contribution in [-0.2, 0) is 9.59 Å². The van der Waals surface area contributed by atoms with Crippen molar-refractivity contribution in [2.45, 2.75) is 18.9 Å². The molecule has 2 amide bonds. The summed E-state index contributed by atoms with van der Waals surface area (Å²) in [6.07, 6.45) is 1.58. The molecular weight excluding hydrogens is 296 g/mol. The predicted octanol–water partition coefficient (Wildman–Crippen LogP) is 0.00298. The summed E-state index contributed by atoms with van der Waals surface area (Å²) in [7, 11) is 0. The van der Waals surface area contributed by atoms with E-state index in [-0.39, 0.29) is 31.0 Å². The van der Waals surface area contributed by atoms with Gasteiger partial charge in [-0.1, -0.05) is 0 Å². The molecule has 1 heterocycles. The van der Waals surface area contributed by atoms with Gasteiger partial charge in [0, 0.05) is 19.1 Å². The molecule has 0 spiro atoms. The number of carbonyl (C=O) groups excluding carboxylic acids is 2. The molecule has 3 N–H and O–H groups in total. The lowest BCUT2D eigenvalue weighted by atomic mass is 10.1. The molecule has 0 atom stereocenters. The second-order valence-electron chi connectivity index (χ2n) is 5.51. The zero-order chi connectivity index (χ0) is 16.7. The first kappa shape index (κ1) is 16.8. The lowest BCUT2D eigenvalue weighted by Crippen LogP contribution is -2.47. The summed E-state index contributed by atoms with van der Waals surface area (Å²) in [4.78, 5) is 24.7. The molecule has 0 radical (unpaired) electrons. The molecule has 1 aromatic carbocycles. The molecule has 7 heteroatoms. The second-order valence-corrected chi connectivity index (χ2v) is 5.51. The molecule has 0 aromatic heterocycles. The number of hydrogen-bond acceptors (Lipinski definition) is 5. The van der Waals surface area contributed by atoms with Crippen LogP contribution in [0.2, 0.25) is 0 Å². The van der Waals surface area contributed by atoms with E-state index in [4.69, 9.17) is 15.7 Å². The summed E-state index contributed by atoms with van der Waals surface area (Å²) in [5.74, 6) is 0.0430. The molecule has 1 aliphatic heterocycles. The van der Waals surface area contributed by atoms with Gasteiger partial charge in [-0.3, -0.25) is 14.5 Å². The Hall–Kier alpha value is -2.59. The number of nitrogens with two attached hydrogens (primary N) is 1. The molecule has 122 valence electrons. The average molecular weight is 316 g/mol. The van der Waals surface area contributed by atoms with Crippen molar-refractivity contribution in [3.8, 4) is 11.8 Å². The van der Waals surface area contributed by atoms with Crippen molar-refractivity contribution in [1.82, 2.24) is 10.2 Å². The monoisotopic (exact) mass is 316 g/mol. The molecule has 23 heavy (non-hydrogen) atoms. The molecule has 1 aromatic rings. The molecule has 0 aliphatic carbocycles. The highest BCUT2D eigenvalue weighted by molar-refractivity contribution is 5.78. The minimum Gasteiger partial charge on any atom is -0.484 e. The maximum atomic E-state index is 11.9. The van der Waals surface area contributed by atoms with Crippen molar-refractivity contribution in [1.29, 1.82) is 5.26 Å². The first-order valence-electron chi connectivity index (χ1n) is 7.50. The fraction of sp³-hybridized carbons (Fsp3) is 0.438. The molecule has 1 aliphatic rings. The van der Waals surface area contributed by atoms with Crippen molar-refractivity contribution in [2.24, 2.45) is 5.73 Å². The first-order chi connectivity index (χ1) is 11.1. The second kappa shape index (κ2) is 8.15. The fourth-order valence-corrected chi connectivity index (χ4v) is 2.50. The van der Waals surface area contributed by atoms with Crippen LogP contribution in [0.15, 0.2) is 24.3 Å². The van der Waals surface area contributed by atoms with E-state index in [0.717, 1.165) is 25.9 Å². The van der Waals surface area contributed by atoms with Crippen molar-refractivity contribution in [2.75, 3.05) is 26.2 Å². The zero-order valence-electron chi connectivity index (χ0n) is 12.8. The van der Waals surface area contributed by atoms with E-state index in [2.05, 4.69) is 5.32 Å². The quantitative estimate of drug-likeness (QED) is 0.768. The van der Waals surface area contributed by atoms with Crippen LogP contribution in [0.3, 0.4) is 0 Å². The molecule has 7 nitrogen and oxygen atoms in total. The third-order valence-electron chi connectivity index (χ3n) is 3.69. The van der Waals surface area contributed by atoms with Crippen LogP contribution in [0.4, 0.5) is 0 Å². The number of nitriles is 1. The molecule has 2 rings (SSSR count). The summed E-state index contributed by atoms with van der Waals surface area (Å²) in [5, 5.41) is 11.6. The average Bonchev–Trinajstić information content (AvgIpc) is 2.55. The maximum absolute atomic E-state index is 11.9. The Morgan fingerprint density at radius 3 is 2.52 bits per heavy atom. The number of benzene rings is 1. The van der Waals surface area contributed by atoms with Crippen LogP contribution in [0, 0.1) is 11.3 Å². The number of ether oxygens (including phenoxy) is 1. The van der Waals surface area contributed by atoms with Crippen LogP contribution in [-0.4, -0.2) is 49.0 Å². The Kier molecular flexibility index (Phi) is 5.94. The highest BCUT2D eigenvalue weighted by Crippen LogP contribution is 2.12. The Morgan fingerprint density at radius 1 is 1.30 bits per heavy atom. The Labute approximate surface area is 135 Å². The van der Waals surface area contributed by atoms with E-state index in [9.17, 15) is 9.59 Å². The van der Waals surface area contributed by atoms with E-state index >= 15 is 0 Å². The predicted molar refractivity (Wildman–Crippen MR) is 83.5 cm³/mol. The van der Waals surface area contributed by atoms with Gasteiger partial charge >= 0.3 is 0 Å². The number of rotatable bonds is 6. The Morgan fingerprint density at radius 2 is 1.96 bits per heavy atom. The lowest BCUT2D eigenvalue weighted by molar-refractivity contribution is -0.124. The van der Waals surface area contributed by atoms with Gasteiger partial charge in [0.15, 0.2) is 6.61 Å². The maximum Gasteiger partial charge on any atom is 0.258 e. The van der Waals surface area contributed by atoms with Crippen LogP contribution >= 0.6 is 0 Å². The topological polar surface area (TPSA) is 108 Å². The summed E-state index contributed by atoms with van der Waals surface area (Å²) >= 11 is 0. The number of likely N-dealkylation sites (tertiary alicyclic amines) is 1. The number of nitrogens with one attached hydrogen (secondary N) is 1. The van der Waals surface area contributed by atoms with E-state index in [1.807, 2.05) is 11.0 Å².